The summed E-state index contributed by atoms with van der Waals surface area (Å²) in [6.07, 6.45) is 2.24. The van der Waals surface area contributed by atoms with Crippen LogP contribution in [0.15, 0.2) is 48.5 Å². The number of nitriles is 1. The molecule has 1 unspecified atom stereocenters. The van der Waals surface area contributed by atoms with E-state index in [1.54, 1.807) is 0 Å². The van der Waals surface area contributed by atoms with Crippen LogP contribution in [0.1, 0.15) is 49.4 Å². The molecule has 0 aromatic heterocycles. The average molecular weight is 276 g/mol. The molecule has 0 bridgehead atoms. The molecule has 0 heterocycles. The van der Waals surface area contributed by atoms with Gasteiger partial charge in [-0.15, -0.1) is 0 Å². The van der Waals surface area contributed by atoms with Gasteiger partial charge in [0.25, 0.3) is 0 Å². The van der Waals surface area contributed by atoms with Crippen LogP contribution >= 0.6 is 0 Å². The summed E-state index contributed by atoms with van der Waals surface area (Å²) in [7, 11) is 0. The highest BCUT2D eigenvalue weighted by Gasteiger charge is 2.32. The fourth-order valence-electron chi connectivity index (χ4n) is 3.26. The number of hydrogen-bond donors (Lipinski definition) is 1. The van der Waals surface area contributed by atoms with Gasteiger partial charge in [0, 0.05) is 0 Å². The molecule has 0 radical (unpaired) electrons. The predicted octanol–water partition coefficient (Wildman–Crippen LogP) is 4.78. The van der Waals surface area contributed by atoms with E-state index >= 15 is 0 Å². The Morgan fingerprint density at radius 1 is 1.10 bits per heavy atom. The van der Waals surface area contributed by atoms with Crippen LogP contribution in [0, 0.1) is 11.3 Å². The minimum Gasteiger partial charge on any atom is -0.377 e. The van der Waals surface area contributed by atoms with Crippen molar-refractivity contribution in [2.75, 3.05) is 5.32 Å². The van der Waals surface area contributed by atoms with E-state index in [-0.39, 0.29) is 11.5 Å². The zero-order valence-electron chi connectivity index (χ0n) is 12.6. The first-order valence-electron chi connectivity index (χ1n) is 7.47. The third-order valence-electron chi connectivity index (χ3n) is 4.50. The molecule has 0 fully saturated rings. The van der Waals surface area contributed by atoms with E-state index in [1.807, 2.05) is 24.3 Å². The second-order valence-corrected chi connectivity index (χ2v) is 6.36. The fourth-order valence-corrected chi connectivity index (χ4v) is 3.26. The van der Waals surface area contributed by atoms with E-state index in [4.69, 9.17) is 0 Å². The third-order valence-corrected chi connectivity index (χ3v) is 4.50. The lowest BCUT2D eigenvalue weighted by Gasteiger charge is -2.37. The number of fused-ring (bicyclic) bond motifs is 1. The molecule has 0 spiro atoms. The standard InChI is InChI=1S/C19H20N2/c1-19(2)12-11-18(15-8-4-5-9-16(15)19)21-17-10-6-3-7-14(17)13-20/h3-10,18,21H,11-12H2,1-2H3. The Morgan fingerprint density at radius 3 is 2.62 bits per heavy atom. The van der Waals surface area contributed by atoms with Crippen molar-refractivity contribution in [1.82, 2.24) is 0 Å². The molecule has 2 aromatic rings. The van der Waals surface area contributed by atoms with Gasteiger partial charge < -0.3 is 5.32 Å². The zero-order valence-corrected chi connectivity index (χ0v) is 12.6. The van der Waals surface area contributed by atoms with Crippen LogP contribution in [-0.2, 0) is 5.41 Å². The number of benzene rings is 2. The Bertz CT molecular complexity index is 695. The average Bonchev–Trinajstić information content (AvgIpc) is 2.51. The minimum absolute atomic E-state index is 0.226. The molecular formula is C19H20N2. The SMILES string of the molecule is CC1(C)CCC(Nc2ccccc2C#N)c2ccccc21. The van der Waals surface area contributed by atoms with E-state index in [9.17, 15) is 5.26 Å². The van der Waals surface area contributed by atoms with Gasteiger partial charge in [-0.1, -0.05) is 50.2 Å². The van der Waals surface area contributed by atoms with Gasteiger partial charge in [0.15, 0.2) is 0 Å². The lowest BCUT2D eigenvalue weighted by atomic mass is 9.71. The van der Waals surface area contributed by atoms with E-state index in [2.05, 4.69) is 49.5 Å². The quantitative estimate of drug-likeness (QED) is 0.856. The van der Waals surface area contributed by atoms with Gasteiger partial charge in [0.05, 0.1) is 17.3 Å². The zero-order chi connectivity index (χ0) is 14.9. The van der Waals surface area contributed by atoms with Crippen LogP contribution in [0.4, 0.5) is 5.69 Å². The molecule has 0 saturated heterocycles. The Morgan fingerprint density at radius 2 is 1.81 bits per heavy atom. The lowest BCUT2D eigenvalue weighted by Crippen LogP contribution is -2.29. The van der Waals surface area contributed by atoms with Crippen molar-refractivity contribution >= 4 is 5.69 Å². The van der Waals surface area contributed by atoms with Crippen LogP contribution in [-0.4, -0.2) is 0 Å². The molecule has 1 atom stereocenters. The molecule has 2 nitrogen and oxygen atoms in total. The highest BCUT2D eigenvalue weighted by molar-refractivity contribution is 5.59. The molecule has 0 amide bonds. The second-order valence-electron chi connectivity index (χ2n) is 6.36. The topological polar surface area (TPSA) is 35.8 Å². The van der Waals surface area contributed by atoms with Gasteiger partial charge >= 0.3 is 0 Å². The van der Waals surface area contributed by atoms with Crippen LogP contribution < -0.4 is 5.32 Å². The maximum Gasteiger partial charge on any atom is 0.101 e. The molecule has 0 saturated carbocycles. The molecule has 1 aliphatic rings. The molecule has 1 aliphatic carbocycles. The van der Waals surface area contributed by atoms with Gasteiger partial charge in [-0.25, -0.2) is 0 Å². The molecule has 0 aliphatic heterocycles. The second kappa shape index (κ2) is 5.26. The van der Waals surface area contributed by atoms with Gasteiger partial charge in [-0.3, -0.25) is 0 Å². The predicted molar refractivity (Wildman–Crippen MR) is 86.2 cm³/mol. The van der Waals surface area contributed by atoms with E-state index < -0.39 is 0 Å². The van der Waals surface area contributed by atoms with Crippen LogP contribution in [0.3, 0.4) is 0 Å². The Kier molecular flexibility index (Phi) is 3.43. The van der Waals surface area contributed by atoms with Crippen molar-refractivity contribution < 1.29 is 0 Å². The van der Waals surface area contributed by atoms with Crippen molar-refractivity contribution in [2.45, 2.75) is 38.1 Å². The number of para-hydroxylation sites is 1. The Labute approximate surface area is 126 Å². The van der Waals surface area contributed by atoms with Crippen molar-refractivity contribution in [3.05, 3.63) is 65.2 Å². The van der Waals surface area contributed by atoms with Gasteiger partial charge in [-0.2, -0.15) is 5.26 Å². The van der Waals surface area contributed by atoms with E-state index in [0.29, 0.717) is 5.56 Å². The molecule has 21 heavy (non-hydrogen) atoms. The van der Waals surface area contributed by atoms with Crippen LogP contribution in [0.2, 0.25) is 0 Å². The van der Waals surface area contributed by atoms with Crippen LogP contribution in [0.25, 0.3) is 0 Å². The normalized spacial score (nSPS) is 19.4. The largest absolute Gasteiger partial charge is 0.377 e. The summed E-state index contributed by atoms with van der Waals surface area (Å²) in [5, 5.41) is 12.8. The summed E-state index contributed by atoms with van der Waals surface area (Å²) in [4.78, 5) is 0. The molecule has 2 aromatic carbocycles. The molecular weight excluding hydrogens is 256 g/mol. The van der Waals surface area contributed by atoms with Crippen LogP contribution in [0.5, 0.6) is 0 Å². The Balaban J connectivity index is 1.96. The maximum absolute atomic E-state index is 9.24. The number of hydrogen-bond acceptors (Lipinski definition) is 2. The van der Waals surface area contributed by atoms with Gasteiger partial charge in [0.1, 0.15) is 6.07 Å². The summed E-state index contributed by atoms with van der Waals surface area (Å²) in [5.74, 6) is 0. The molecule has 106 valence electrons. The monoisotopic (exact) mass is 276 g/mol. The molecule has 1 N–H and O–H groups in total. The van der Waals surface area contributed by atoms with Gasteiger partial charge in [-0.05, 0) is 41.5 Å². The first kappa shape index (κ1) is 13.7. The minimum atomic E-state index is 0.226. The molecule has 2 heteroatoms. The van der Waals surface area contributed by atoms with Crippen molar-refractivity contribution in [3.63, 3.8) is 0 Å². The highest BCUT2D eigenvalue weighted by Crippen LogP contribution is 2.42. The van der Waals surface area contributed by atoms with Gasteiger partial charge in [0.2, 0.25) is 0 Å². The number of rotatable bonds is 2. The van der Waals surface area contributed by atoms with Crippen molar-refractivity contribution in [3.8, 4) is 6.07 Å². The maximum atomic E-state index is 9.24. The molecule has 3 rings (SSSR count). The number of nitrogens with one attached hydrogen (secondary N) is 1. The number of nitrogens with zero attached hydrogens (tertiary/aromatic N) is 1. The summed E-state index contributed by atoms with van der Waals surface area (Å²) >= 11 is 0. The summed E-state index contributed by atoms with van der Waals surface area (Å²) in [5.41, 5.74) is 4.65. The lowest BCUT2D eigenvalue weighted by molar-refractivity contribution is 0.406. The summed E-state index contributed by atoms with van der Waals surface area (Å²) < 4.78 is 0. The van der Waals surface area contributed by atoms with E-state index in [0.717, 1.165) is 18.5 Å². The third kappa shape index (κ3) is 2.52. The smallest absolute Gasteiger partial charge is 0.101 e. The van der Waals surface area contributed by atoms with E-state index in [1.165, 1.54) is 11.1 Å². The first-order valence-corrected chi connectivity index (χ1v) is 7.47. The highest BCUT2D eigenvalue weighted by atomic mass is 14.9. The first-order chi connectivity index (χ1) is 10.1. The number of anilines is 1. The van der Waals surface area contributed by atoms with Crippen molar-refractivity contribution in [2.24, 2.45) is 0 Å². The summed E-state index contributed by atoms with van der Waals surface area (Å²) in [6.45, 7) is 4.62. The summed E-state index contributed by atoms with van der Waals surface area (Å²) in [6, 6.07) is 18.9. The fraction of sp³-hybridized carbons (Fsp3) is 0.316. The Hall–Kier alpha value is -2.27. The van der Waals surface area contributed by atoms with Crippen molar-refractivity contribution in [1.29, 1.82) is 5.26 Å².